The lowest BCUT2D eigenvalue weighted by Gasteiger charge is -2.34. The number of nitrogens with zero attached hydrogens (tertiary/aromatic N) is 3. The minimum absolute atomic E-state index is 0.146. The third kappa shape index (κ3) is 5.77. The molecule has 0 unspecified atom stereocenters. The summed E-state index contributed by atoms with van der Waals surface area (Å²) >= 11 is 5.96. The summed E-state index contributed by atoms with van der Waals surface area (Å²) in [6.07, 6.45) is 4.19. The molecule has 134 valence electrons. The van der Waals surface area contributed by atoms with Crippen LogP contribution in [0.2, 0.25) is 5.02 Å². The molecule has 0 aromatic heterocycles. The smallest absolute Gasteiger partial charge is 0.265 e. The van der Waals surface area contributed by atoms with Gasteiger partial charge in [-0.05, 0) is 57.1 Å². The number of likely N-dealkylation sites (N-methyl/N-ethyl adjacent to an activating group) is 1. The SMILES string of the molecule is CN1CCC(N(C)C(=O)/C(C#N)=C\NCCc2cccc(Cl)c2)CC1. The Morgan fingerprint density at radius 3 is 2.84 bits per heavy atom. The number of benzene rings is 1. The summed E-state index contributed by atoms with van der Waals surface area (Å²) < 4.78 is 0. The van der Waals surface area contributed by atoms with E-state index in [1.165, 1.54) is 6.20 Å². The van der Waals surface area contributed by atoms with Gasteiger partial charge in [0.05, 0.1) is 0 Å². The van der Waals surface area contributed by atoms with Crippen molar-refractivity contribution in [1.82, 2.24) is 15.1 Å². The van der Waals surface area contributed by atoms with E-state index in [1.54, 1.807) is 11.9 Å². The molecular formula is C19H25ClN4O. The lowest BCUT2D eigenvalue weighted by atomic mass is 10.0. The van der Waals surface area contributed by atoms with Gasteiger partial charge in [-0.15, -0.1) is 0 Å². The Morgan fingerprint density at radius 2 is 2.20 bits per heavy atom. The third-order valence-electron chi connectivity index (χ3n) is 4.60. The number of carbonyl (C=O) groups is 1. The molecule has 1 aromatic carbocycles. The Hall–Kier alpha value is -2.03. The average molecular weight is 361 g/mol. The quantitative estimate of drug-likeness (QED) is 0.481. The van der Waals surface area contributed by atoms with Crippen LogP contribution in [-0.2, 0) is 11.2 Å². The van der Waals surface area contributed by atoms with Crippen LogP contribution >= 0.6 is 11.6 Å². The Labute approximate surface area is 154 Å². The minimum atomic E-state index is -0.215. The van der Waals surface area contributed by atoms with Crippen molar-refractivity contribution >= 4 is 17.5 Å². The zero-order valence-corrected chi connectivity index (χ0v) is 15.6. The summed E-state index contributed by atoms with van der Waals surface area (Å²) in [7, 11) is 3.87. The molecule has 0 atom stereocenters. The highest BCUT2D eigenvalue weighted by Gasteiger charge is 2.25. The summed E-state index contributed by atoms with van der Waals surface area (Å²) in [4.78, 5) is 16.5. The molecular weight excluding hydrogens is 336 g/mol. The standard InChI is InChI=1S/C19H25ClN4O/c1-23-10-7-18(8-11-23)24(2)19(25)16(13-21)14-22-9-6-15-4-3-5-17(20)12-15/h3-5,12,14,18,22H,6-11H2,1-2H3/b16-14-. The van der Waals surface area contributed by atoms with E-state index in [1.807, 2.05) is 30.3 Å². The van der Waals surface area contributed by atoms with Gasteiger partial charge in [0.25, 0.3) is 5.91 Å². The highest BCUT2D eigenvalue weighted by Crippen LogP contribution is 2.16. The van der Waals surface area contributed by atoms with Gasteiger partial charge in [-0.3, -0.25) is 4.79 Å². The molecule has 0 bridgehead atoms. The monoisotopic (exact) mass is 360 g/mol. The van der Waals surface area contributed by atoms with E-state index in [0.29, 0.717) is 11.6 Å². The third-order valence-corrected chi connectivity index (χ3v) is 4.84. The molecule has 1 aliphatic heterocycles. The number of rotatable bonds is 6. The second-order valence-corrected chi connectivity index (χ2v) is 6.89. The fourth-order valence-electron chi connectivity index (χ4n) is 2.96. The van der Waals surface area contributed by atoms with Crippen LogP contribution in [0.3, 0.4) is 0 Å². The highest BCUT2D eigenvalue weighted by molar-refractivity contribution is 6.30. The molecule has 5 nitrogen and oxygen atoms in total. The van der Waals surface area contributed by atoms with E-state index in [-0.39, 0.29) is 17.5 Å². The van der Waals surface area contributed by atoms with Crippen molar-refractivity contribution in [2.24, 2.45) is 0 Å². The molecule has 0 radical (unpaired) electrons. The topological polar surface area (TPSA) is 59.4 Å². The first-order valence-corrected chi connectivity index (χ1v) is 8.93. The van der Waals surface area contributed by atoms with Gasteiger partial charge >= 0.3 is 0 Å². The number of carbonyl (C=O) groups excluding carboxylic acids is 1. The average Bonchev–Trinajstić information content (AvgIpc) is 2.61. The molecule has 1 fully saturated rings. The molecule has 25 heavy (non-hydrogen) atoms. The summed E-state index contributed by atoms with van der Waals surface area (Å²) in [6, 6.07) is 9.88. The number of nitrogens with one attached hydrogen (secondary N) is 1. The Balaban J connectivity index is 1.86. The molecule has 1 N–H and O–H groups in total. The fourth-order valence-corrected chi connectivity index (χ4v) is 3.18. The molecule has 1 aliphatic rings. The van der Waals surface area contributed by atoms with Gasteiger partial charge in [0.1, 0.15) is 11.6 Å². The Bertz CT molecular complexity index is 660. The minimum Gasteiger partial charge on any atom is -0.389 e. The van der Waals surface area contributed by atoms with Crippen molar-refractivity contribution in [3.8, 4) is 6.07 Å². The van der Waals surface area contributed by atoms with Crippen LogP contribution in [0, 0.1) is 11.3 Å². The largest absolute Gasteiger partial charge is 0.389 e. The lowest BCUT2D eigenvalue weighted by molar-refractivity contribution is -0.128. The molecule has 6 heteroatoms. The number of hydrogen-bond donors (Lipinski definition) is 1. The van der Waals surface area contributed by atoms with Crippen LogP contribution in [-0.4, -0.2) is 55.5 Å². The van der Waals surface area contributed by atoms with Crippen LogP contribution in [0.4, 0.5) is 0 Å². The van der Waals surface area contributed by atoms with Gasteiger partial charge in [0.15, 0.2) is 0 Å². The van der Waals surface area contributed by atoms with Crippen molar-refractivity contribution in [2.75, 3.05) is 33.7 Å². The van der Waals surface area contributed by atoms with Crippen LogP contribution in [0.25, 0.3) is 0 Å². The number of nitriles is 1. The van der Waals surface area contributed by atoms with Gasteiger partial charge in [0, 0.05) is 30.9 Å². The summed E-state index contributed by atoms with van der Waals surface area (Å²) in [5.74, 6) is -0.215. The van der Waals surface area contributed by atoms with Gasteiger partial charge in [-0.1, -0.05) is 23.7 Å². The van der Waals surface area contributed by atoms with Crippen molar-refractivity contribution in [3.63, 3.8) is 0 Å². The maximum Gasteiger partial charge on any atom is 0.265 e. The predicted molar refractivity (Wildman–Crippen MR) is 100 cm³/mol. The molecule has 0 aliphatic carbocycles. The highest BCUT2D eigenvalue weighted by atomic mass is 35.5. The predicted octanol–water partition coefficient (Wildman–Crippen LogP) is 2.43. The van der Waals surface area contributed by atoms with Gasteiger partial charge in [0.2, 0.25) is 0 Å². The molecule has 2 rings (SSSR count). The van der Waals surface area contributed by atoms with E-state index in [0.717, 1.165) is 37.9 Å². The van der Waals surface area contributed by atoms with E-state index in [4.69, 9.17) is 11.6 Å². The van der Waals surface area contributed by atoms with Crippen molar-refractivity contribution in [2.45, 2.75) is 25.3 Å². The maximum atomic E-state index is 12.5. The molecule has 1 aromatic rings. The van der Waals surface area contributed by atoms with Gasteiger partial charge in [-0.25, -0.2) is 0 Å². The molecule has 1 heterocycles. The molecule has 1 amide bonds. The number of amides is 1. The van der Waals surface area contributed by atoms with Crippen LogP contribution in [0.15, 0.2) is 36.0 Å². The molecule has 1 saturated heterocycles. The summed E-state index contributed by atoms with van der Waals surface area (Å²) in [5.41, 5.74) is 1.26. The fraction of sp³-hybridized carbons (Fsp3) is 0.474. The van der Waals surface area contributed by atoms with Crippen LogP contribution in [0.1, 0.15) is 18.4 Å². The molecule has 0 spiro atoms. The van der Waals surface area contributed by atoms with Crippen molar-refractivity contribution in [1.29, 1.82) is 5.26 Å². The number of piperidine rings is 1. The number of hydrogen-bond acceptors (Lipinski definition) is 4. The van der Waals surface area contributed by atoms with E-state index in [9.17, 15) is 10.1 Å². The van der Waals surface area contributed by atoms with Crippen molar-refractivity contribution in [3.05, 3.63) is 46.6 Å². The summed E-state index contributed by atoms with van der Waals surface area (Å²) in [6.45, 7) is 2.59. The second kappa shape index (κ2) is 9.45. The van der Waals surface area contributed by atoms with Gasteiger partial charge in [-0.2, -0.15) is 5.26 Å². The van der Waals surface area contributed by atoms with E-state index >= 15 is 0 Å². The first-order chi connectivity index (χ1) is 12.0. The first kappa shape index (κ1) is 19.3. The van der Waals surface area contributed by atoms with Crippen LogP contribution in [0.5, 0.6) is 0 Å². The molecule has 0 saturated carbocycles. The van der Waals surface area contributed by atoms with E-state index < -0.39 is 0 Å². The van der Waals surface area contributed by atoms with Crippen LogP contribution < -0.4 is 5.32 Å². The zero-order chi connectivity index (χ0) is 18.2. The number of halogens is 1. The summed E-state index contributed by atoms with van der Waals surface area (Å²) in [5, 5.41) is 13.1. The Kier molecular flexibility index (Phi) is 7.30. The second-order valence-electron chi connectivity index (χ2n) is 6.45. The van der Waals surface area contributed by atoms with E-state index in [2.05, 4.69) is 17.3 Å². The number of likely N-dealkylation sites (tertiary alicyclic amines) is 1. The van der Waals surface area contributed by atoms with Crippen molar-refractivity contribution < 1.29 is 4.79 Å². The lowest BCUT2D eigenvalue weighted by Crippen LogP contribution is -2.45. The zero-order valence-electron chi connectivity index (χ0n) is 14.8. The van der Waals surface area contributed by atoms with Gasteiger partial charge < -0.3 is 15.1 Å². The first-order valence-electron chi connectivity index (χ1n) is 8.55. The maximum absolute atomic E-state index is 12.5. The Morgan fingerprint density at radius 1 is 1.48 bits per heavy atom. The normalized spacial score (nSPS) is 16.3.